The lowest BCUT2D eigenvalue weighted by molar-refractivity contribution is -0.0615. The zero-order valence-corrected chi connectivity index (χ0v) is 29.1. The Morgan fingerprint density at radius 1 is 0.833 bits per heavy atom. The normalized spacial score (nSPS) is 34.8. The first-order valence-electron chi connectivity index (χ1n) is 16.6. The number of nitrogens with one attached hydrogen (secondary N) is 1. The largest absolute Gasteiger partial charge is 0.307 e. The minimum Gasteiger partial charge on any atom is -0.307 e. The van der Waals surface area contributed by atoms with Crippen molar-refractivity contribution < 1.29 is 0 Å². The summed E-state index contributed by atoms with van der Waals surface area (Å²) in [4.78, 5) is 24.1. The maximum Gasteiger partial charge on any atom is 0.167 e. The fourth-order valence-corrected chi connectivity index (χ4v) is 10.3. The number of fused-ring (bicyclic) bond motifs is 4. The van der Waals surface area contributed by atoms with Crippen LogP contribution in [0.3, 0.4) is 0 Å². The van der Waals surface area contributed by atoms with Gasteiger partial charge in [-0.3, -0.25) is 9.89 Å². The molecule has 5 heterocycles. The number of piperidine rings is 2. The van der Waals surface area contributed by atoms with Gasteiger partial charge in [0.1, 0.15) is 11.6 Å². The van der Waals surface area contributed by atoms with Gasteiger partial charge < -0.3 is 5.32 Å². The van der Waals surface area contributed by atoms with Gasteiger partial charge in [-0.05, 0) is 99.5 Å². The fraction of sp³-hybridized carbons (Fsp3) is 0.886. The molecule has 1 aromatic heterocycles. The number of nitrogens with zero attached hydrogens (tertiary/aromatic N) is 6. The molecule has 42 heavy (non-hydrogen) atoms. The Kier molecular flexibility index (Phi) is 7.25. The highest BCUT2D eigenvalue weighted by Crippen LogP contribution is 2.63. The van der Waals surface area contributed by atoms with Crippen molar-refractivity contribution in [3.63, 3.8) is 0 Å². The summed E-state index contributed by atoms with van der Waals surface area (Å²) in [5, 5.41) is 3.83. The Morgan fingerprint density at radius 3 is 2.00 bits per heavy atom. The van der Waals surface area contributed by atoms with Gasteiger partial charge in [-0.25, -0.2) is 15.0 Å². The SMILES string of the molecule is CC(C)(C)CC(C)(C)c1nc2nc(n1)C13CCCCCCN(C(C)(C)C(=NC4CC(C)(C)NC(C)(C)C4)C21[N])C3(C)C. The molecule has 7 nitrogen and oxygen atoms in total. The molecular weight excluding hydrogens is 518 g/mol. The maximum atomic E-state index is 13.6. The van der Waals surface area contributed by atoms with Gasteiger partial charge in [-0.15, -0.1) is 5.73 Å². The van der Waals surface area contributed by atoms with Gasteiger partial charge in [0.15, 0.2) is 11.4 Å². The maximum absolute atomic E-state index is 13.6. The Morgan fingerprint density at radius 2 is 1.40 bits per heavy atom. The second-order valence-electron chi connectivity index (χ2n) is 18.4. The van der Waals surface area contributed by atoms with Crippen LogP contribution in [0, 0.1) is 5.41 Å². The third-order valence-electron chi connectivity index (χ3n) is 11.0. The molecule has 0 saturated carbocycles. The topological polar surface area (TPSA) is 88.6 Å². The second-order valence-corrected chi connectivity index (χ2v) is 18.4. The van der Waals surface area contributed by atoms with Crippen molar-refractivity contribution in [3.05, 3.63) is 17.5 Å². The Labute approximate surface area is 256 Å². The Hall–Kier alpha value is -1.44. The Bertz CT molecular complexity index is 1230. The van der Waals surface area contributed by atoms with Crippen LogP contribution in [0.1, 0.15) is 159 Å². The van der Waals surface area contributed by atoms with Crippen LogP contribution in [-0.4, -0.2) is 60.3 Å². The van der Waals surface area contributed by atoms with Crippen LogP contribution in [0.4, 0.5) is 0 Å². The molecule has 5 rings (SSSR count). The van der Waals surface area contributed by atoms with Crippen molar-refractivity contribution in [2.24, 2.45) is 10.4 Å². The van der Waals surface area contributed by atoms with E-state index < -0.39 is 22.0 Å². The Balaban J connectivity index is 1.79. The molecule has 4 aliphatic rings. The average molecular weight is 578 g/mol. The molecule has 3 unspecified atom stereocenters. The first-order chi connectivity index (χ1) is 19.0. The van der Waals surface area contributed by atoms with Crippen LogP contribution < -0.4 is 11.1 Å². The summed E-state index contributed by atoms with van der Waals surface area (Å²) >= 11 is 0. The lowest BCUT2D eigenvalue weighted by Crippen LogP contribution is -2.80. The average Bonchev–Trinajstić information content (AvgIpc) is 2.98. The quantitative estimate of drug-likeness (QED) is 0.432. The van der Waals surface area contributed by atoms with E-state index in [1.165, 1.54) is 6.42 Å². The highest BCUT2D eigenvalue weighted by atomic mass is 15.3. The molecule has 0 aromatic carbocycles. The molecule has 3 fully saturated rings. The van der Waals surface area contributed by atoms with Gasteiger partial charge >= 0.3 is 0 Å². The van der Waals surface area contributed by atoms with Crippen molar-refractivity contribution in [1.29, 1.82) is 0 Å². The van der Waals surface area contributed by atoms with Gasteiger partial charge in [0.25, 0.3) is 0 Å². The smallest absolute Gasteiger partial charge is 0.167 e. The second kappa shape index (κ2) is 9.53. The summed E-state index contributed by atoms with van der Waals surface area (Å²) in [6, 6.07) is 0.0872. The van der Waals surface area contributed by atoms with Crippen molar-refractivity contribution in [2.45, 2.75) is 186 Å². The van der Waals surface area contributed by atoms with Crippen molar-refractivity contribution in [2.75, 3.05) is 6.54 Å². The van der Waals surface area contributed by atoms with Gasteiger partial charge in [0.05, 0.1) is 22.7 Å². The van der Waals surface area contributed by atoms with E-state index in [1.54, 1.807) is 0 Å². The summed E-state index contributed by atoms with van der Waals surface area (Å²) in [6.07, 6.45) is 8.12. The monoisotopic (exact) mass is 577 g/mol. The van der Waals surface area contributed by atoms with E-state index in [0.717, 1.165) is 68.9 Å². The molecule has 4 aliphatic heterocycles. The molecule has 1 aromatic rings. The molecule has 3 atom stereocenters. The summed E-state index contributed by atoms with van der Waals surface area (Å²) in [5.41, 5.74) is 11.2. The summed E-state index contributed by atoms with van der Waals surface area (Å²) < 4.78 is 0. The van der Waals surface area contributed by atoms with E-state index in [0.29, 0.717) is 5.82 Å². The van der Waals surface area contributed by atoms with Crippen LogP contribution in [0.25, 0.3) is 0 Å². The van der Waals surface area contributed by atoms with Gasteiger partial charge in [-0.2, -0.15) is 0 Å². The number of aliphatic imine (C=N–C) groups is 1. The molecule has 4 bridgehead atoms. The molecule has 234 valence electrons. The molecule has 0 aliphatic carbocycles. The van der Waals surface area contributed by atoms with Gasteiger partial charge in [0, 0.05) is 22.0 Å². The van der Waals surface area contributed by atoms with E-state index in [9.17, 15) is 5.73 Å². The fourth-order valence-electron chi connectivity index (χ4n) is 10.3. The van der Waals surface area contributed by atoms with Crippen LogP contribution in [0.15, 0.2) is 4.99 Å². The predicted molar refractivity (Wildman–Crippen MR) is 172 cm³/mol. The van der Waals surface area contributed by atoms with Crippen LogP contribution in [0.5, 0.6) is 0 Å². The molecule has 0 amide bonds. The van der Waals surface area contributed by atoms with Crippen molar-refractivity contribution >= 4 is 5.71 Å². The van der Waals surface area contributed by atoms with Gasteiger partial charge in [-0.1, -0.05) is 53.9 Å². The minimum absolute atomic E-state index is 0.0493. The molecule has 1 N–H and O–H groups in total. The van der Waals surface area contributed by atoms with Crippen molar-refractivity contribution in [1.82, 2.24) is 30.9 Å². The van der Waals surface area contributed by atoms with E-state index in [4.69, 9.17) is 19.9 Å². The van der Waals surface area contributed by atoms with Gasteiger partial charge in [0.2, 0.25) is 0 Å². The lowest BCUT2D eigenvalue weighted by atomic mass is 9.50. The molecule has 7 heteroatoms. The standard InChI is InChI=1S/C35H59N7/c1-28(2,3)22-29(4,5)25-38-26-34-18-16-14-15-17-19-42(33(34,12)13)32(10,11)24(35(34,36)27(39-25)40-26)37-23-20-30(6,7)41-31(8,9)21-23/h23,41H,14-22H2,1-13H3. The highest BCUT2D eigenvalue weighted by Gasteiger charge is 2.76. The molecule has 1 spiro atoms. The van der Waals surface area contributed by atoms with E-state index >= 15 is 0 Å². The zero-order chi connectivity index (χ0) is 31.4. The third kappa shape index (κ3) is 4.79. The molecule has 3 saturated heterocycles. The highest BCUT2D eigenvalue weighted by molar-refractivity contribution is 6.04. The summed E-state index contributed by atoms with van der Waals surface area (Å²) in [7, 11) is 0. The van der Waals surface area contributed by atoms with Crippen LogP contribution in [-0.2, 0) is 16.4 Å². The van der Waals surface area contributed by atoms with Crippen LogP contribution in [0.2, 0.25) is 0 Å². The van der Waals surface area contributed by atoms with E-state index in [-0.39, 0.29) is 27.9 Å². The first kappa shape index (κ1) is 32.0. The lowest BCUT2D eigenvalue weighted by Gasteiger charge is -2.65. The van der Waals surface area contributed by atoms with E-state index in [1.807, 2.05) is 0 Å². The minimum atomic E-state index is -1.42. The predicted octanol–water partition coefficient (Wildman–Crippen LogP) is 6.69. The number of aromatic nitrogens is 3. The molecule has 2 radical (unpaired) electrons. The number of hydrogen-bond donors (Lipinski definition) is 1. The third-order valence-corrected chi connectivity index (χ3v) is 11.0. The van der Waals surface area contributed by atoms with E-state index in [2.05, 4.69) is 100 Å². The van der Waals surface area contributed by atoms with Crippen LogP contribution >= 0.6 is 0 Å². The number of hydrogen-bond acceptors (Lipinski definition) is 6. The summed E-state index contributed by atoms with van der Waals surface area (Å²) in [6.45, 7) is 30.6. The summed E-state index contributed by atoms with van der Waals surface area (Å²) in [5.74, 6) is 2.10. The van der Waals surface area contributed by atoms with Crippen molar-refractivity contribution in [3.8, 4) is 0 Å². The molecular formula is C35H59N7. The number of rotatable bonds is 3. The zero-order valence-electron chi connectivity index (χ0n) is 29.1. The first-order valence-corrected chi connectivity index (χ1v) is 16.6.